The van der Waals surface area contributed by atoms with Crippen molar-refractivity contribution in [2.75, 3.05) is 20.6 Å². The molecule has 0 aliphatic rings. The second-order valence-corrected chi connectivity index (χ2v) is 4.81. The number of benzene rings is 1. The number of nitrogens with zero attached hydrogens (tertiary/aromatic N) is 3. The number of aromatic nitrogens is 2. The largest absolute Gasteiger partial charge is 0.309 e. The highest BCUT2D eigenvalue weighted by atomic mass is 15.3. The van der Waals surface area contributed by atoms with Crippen LogP contribution in [0.2, 0.25) is 0 Å². The molecule has 5 nitrogen and oxygen atoms in total. The van der Waals surface area contributed by atoms with E-state index < -0.39 is 0 Å². The standard InChI is InChI=1S/C14H21N5/c1-18(2)11-9-13(17-15)14-8-10-16-19(14)12-6-4-3-5-7-12/h3-8,10,13,17H,9,11,15H2,1-2H3. The average molecular weight is 259 g/mol. The molecule has 1 unspecified atom stereocenters. The molecule has 2 aromatic rings. The third-order valence-electron chi connectivity index (χ3n) is 3.10. The Balaban J connectivity index is 2.22. The third kappa shape index (κ3) is 3.41. The maximum Gasteiger partial charge on any atom is 0.0649 e. The van der Waals surface area contributed by atoms with Gasteiger partial charge in [0.15, 0.2) is 0 Å². The van der Waals surface area contributed by atoms with E-state index in [1.165, 1.54) is 0 Å². The molecule has 0 fully saturated rings. The molecule has 0 radical (unpaired) electrons. The van der Waals surface area contributed by atoms with Gasteiger partial charge in [-0.3, -0.25) is 11.3 Å². The van der Waals surface area contributed by atoms with Gasteiger partial charge in [-0.2, -0.15) is 5.10 Å². The van der Waals surface area contributed by atoms with Gasteiger partial charge < -0.3 is 4.90 Å². The van der Waals surface area contributed by atoms with Gasteiger partial charge in [-0.05, 0) is 45.3 Å². The third-order valence-corrected chi connectivity index (χ3v) is 3.10. The molecule has 0 spiro atoms. The van der Waals surface area contributed by atoms with Crippen LogP contribution in [0.1, 0.15) is 18.2 Å². The molecule has 1 aromatic carbocycles. The molecule has 0 bridgehead atoms. The van der Waals surface area contributed by atoms with Crippen LogP contribution < -0.4 is 11.3 Å². The molecule has 1 heterocycles. The van der Waals surface area contributed by atoms with Crippen molar-refractivity contribution in [3.05, 3.63) is 48.3 Å². The van der Waals surface area contributed by atoms with Gasteiger partial charge in [-0.25, -0.2) is 4.68 Å². The van der Waals surface area contributed by atoms with Crippen LogP contribution in [-0.2, 0) is 0 Å². The highest BCUT2D eigenvalue weighted by Gasteiger charge is 2.15. The number of hydrogen-bond acceptors (Lipinski definition) is 4. The van der Waals surface area contributed by atoms with Gasteiger partial charge in [0.25, 0.3) is 0 Å². The first kappa shape index (κ1) is 13.7. The zero-order valence-corrected chi connectivity index (χ0v) is 11.5. The highest BCUT2D eigenvalue weighted by Crippen LogP contribution is 2.19. The number of hydrazine groups is 1. The molecular formula is C14H21N5. The van der Waals surface area contributed by atoms with Crippen molar-refractivity contribution in [3.8, 4) is 5.69 Å². The summed E-state index contributed by atoms with van der Waals surface area (Å²) in [6, 6.07) is 12.2. The molecule has 0 saturated heterocycles. The molecule has 102 valence electrons. The molecule has 0 amide bonds. The Labute approximate surface area is 114 Å². The molecule has 0 aliphatic carbocycles. The minimum atomic E-state index is 0.0881. The number of nitrogens with two attached hydrogens (primary N) is 1. The number of rotatable bonds is 6. The lowest BCUT2D eigenvalue weighted by Crippen LogP contribution is -2.32. The monoisotopic (exact) mass is 259 g/mol. The summed E-state index contributed by atoms with van der Waals surface area (Å²) in [5, 5.41) is 4.39. The Morgan fingerprint density at radius 1 is 1.26 bits per heavy atom. The van der Waals surface area contributed by atoms with Crippen LogP contribution in [0, 0.1) is 0 Å². The van der Waals surface area contributed by atoms with Gasteiger partial charge in [0.2, 0.25) is 0 Å². The summed E-state index contributed by atoms with van der Waals surface area (Å²) in [6.45, 7) is 0.967. The smallest absolute Gasteiger partial charge is 0.0649 e. The van der Waals surface area contributed by atoms with E-state index in [0.717, 1.165) is 24.3 Å². The van der Waals surface area contributed by atoms with E-state index in [4.69, 9.17) is 5.84 Å². The van der Waals surface area contributed by atoms with E-state index >= 15 is 0 Å². The van der Waals surface area contributed by atoms with Gasteiger partial charge in [0, 0.05) is 6.20 Å². The molecule has 0 saturated carbocycles. The second-order valence-electron chi connectivity index (χ2n) is 4.81. The molecule has 19 heavy (non-hydrogen) atoms. The van der Waals surface area contributed by atoms with Gasteiger partial charge in [-0.15, -0.1) is 0 Å². The first-order valence-electron chi connectivity index (χ1n) is 6.42. The molecule has 3 N–H and O–H groups in total. The summed E-state index contributed by atoms with van der Waals surface area (Å²) < 4.78 is 1.93. The van der Waals surface area contributed by atoms with Crippen LogP contribution in [0.3, 0.4) is 0 Å². The van der Waals surface area contributed by atoms with Crippen LogP contribution in [0.4, 0.5) is 0 Å². The Hall–Kier alpha value is -1.69. The van der Waals surface area contributed by atoms with Crippen molar-refractivity contribution in [1.82, 2.24) is 20.1 Å². The minimum Gasteiger partial charge on any atom is -0.309 e. The van der Waals surface area contributed by atoms with Crippen molar-refractivity contribution in [2.24, 2.45) is 5.84 Å². The lowest BCUT2D eigenvalue weighted by Gasteiger charge is -2.19. The van der Waals surface area contributed by atoms with Gasteiger partial charge in [-0.1, -0.05) is 18.2 Å². The maximum absolute atomic E-state index is 5.69. The Kier molecular flexibility index (Phi) is 4.68. The van der Waals surface area contributed by atoms with Crippen LogP contribution >= 0.6 is 0 Å². The fraction of sp³-hybridized carbons (Fsp3) is 0.357. The van der Waals surface area contributed by atoms with E-state index in [9.17, 15) is 0 Å². The molecule has 1 aromatic heterocycles. The quantitative estimate of drug-likeness (QED) is 0.607. The van der Waals surface area contributed by atoms with Gasteiger partial charge >= 0.3 is 0 Å². The molecule has 2 rings (SSSR count). The van der Waals surface area contributed by atoms with Gasteiger partial charge in [0.1, 0.15) is 0 Å². The molecular weight excluding hydrogens is 238 g/mol. The minimum absolute atomic E-state index is 0.0881. The highest BCUT2D eigenvalue weighted by molar-refractivity contribution is 5.33. The van der Waals surface area contributed by atoms with Crippen LogP contribution in [0.5, 0.6) is 0 Å². The summed E-state index contributed by atoms with van der Waals surface area (Å²) >= 11 is 0. The zero-order chi connectivity index (χ0) is 13.7. The maximum atomic E-state index is 5.69. The zero-order valence-electron chi connectivity index (χ0n) is 11.5. The first-order chi connectivity index (χ1) is 9.22. The summed E-state index contributed by atoms with van der Waals surface area (Å²) in [5.74, 6) is 5.69. The molecule has 1 atom stereocenters. The van der Waals surface area contributed by atoms with Crippen molar-refractivity contribution in [3.63, 3.8) is 0 Å². The van der Waals surface area contributed by atoms with E-state index in [1.807, 2.05) is 47.3 Å². The van der Waals surface area contributed by atoms with E-state index in [1.54, 1.807) is 0 Å². The predicted molar refractivity (Wildman–Crippen MR) is 76.8 cm³/mol. The molecule has 0 aliphatic heterocycles. The predicted octanol–water partition coefficient (Wildman–Crippen LogP) is 1.33. The summed E-state index contributed by atoms with van der Waals surface area (Å²) in [7, 11) is 4.12. The van der Waals surface area contributed by atoms with E-state index in [0.29, 0.717) is 0 Å². The lowest BCUT2D eigenvalue weighted by molar-refractivity contribution is 0.358. The van der Waals surface area contributed by atoms with Crippen LogP contribution in [0.15, 0.2) is 42.6 Å². The van der Waals surface area contributed by atoms with Crippen molar-refractivity contribution in [2.45, 2.75) is 12.5 Å². The Bertz CT molecular complexity index is 492. The summed E-state index contributed by atoms with van der Waals surface area (Å²) in [6.07, 6.45) is 2.74. The summed E-state index contributed by atoms with van der Waals surface area (Å²) in [5.41, 5.74) is 5.01. The van der Waals surface area contributed by atoms with Crippen LogP contribution in [-0.4, -0.2) is 35.3 Å². The fourth-order valence-corrected chi connectivity index (χ4v) is 2.07. The SMILES string of the molecule is CN(C)CCC(NN)c1ccnn1-c1ccccc1. The molecule has 5 heteroatoms. The van der Waals surface area contributed by atoms with Crippen molar-refractivity contribution in [1.29, 1.82) is 0 Å². The number of para-hydroxylation sites is 1. The fourth-order valence-electron chi connectivity index (χ4n) is 2.07. The Morgan fingerprint density at radius 2 is 2.00 bits per heavy atom. The lowest BCUT2D eigenvalue weighted by atomic mass is 10.1. The van der Waals surface area contributed by atoms with E-state index in [2.05, 4.69) is 29.5 Å². The number of hydrogen-bond donors (Lipinski definition) is 2. The van der Waals surface area contributed by atoms with Crippen LogP contribution in [0.25, 0.3) is 5.69 Å². The van der Waals surface area contributed by atoms with Crippen molar-refractivity contribution >= 4 is 0 Å². The van der Waals surface area contributed by atoms with Crippen molar-refractivity contribution < 1.29 is 0 Å². The number of nitrogens with one attached hydrogen (secondary N) is 1. The normalized spacial score (nSPS) is 12.8. The Morgan fingerprint density at radius 3 is 2.63 bits per heavy atom. The first-order valence-corrected chi connectivity index (χ1v) is 6.42. The summed E-state index contributed by atoms with van der Waals surface area (Å²) in [4.78, 5) is 2.15. The second kappa shape index (κ2) is 6.47. The average Bonchev–Trinajstić information content (AvgIpc) is 2.89. The van der Waals surface area contributed by atoms with Gasteiger partial charge in [0.05, 0.1) is 17.4 Å². The topological polar surface area (TPSA) is 59.1 Å². The van der Waals surface area contributed by atoms with E-state index in [-0.39, 0.29) is 6.04 Å².